The second kappa shape index (κ2) is 14.6. The van der Waals surface area contributed by atoms with Gasteiger partial charge in [0.05, 0.1) is 0 Å². The van der Waals surface area contributed by atoms with E-state index in [9.17, 15) is 0 Å². The maximum absolute atomic E-state index is 2.48. The van der Waals surface area contributed by atoms with Gasteiger partial charge in [-0.15, -0.1) is 21.9 Å². The van der Waals surface area contributed by atoms with Crippen molar-refractivity contribution in [2.45, 2.75) is 0 Å². The predicted molar refractivity (Wildman–Crippen MR) is 299 cm³/mol. The Hall–Kier alpha value is -6.50. The fourth-order valence-electron chi connectivity index (χ4n) is 11.0. The van der Waals surface area contributed by atoms with E-state index in [1.54, 1.807) is 0 Å². The van der Waals surface area contributed by atoms with E-state index in [0.717, 1.165) is 0 Å². The van der Waals surface area contributed by atoms with Gasteiger partial charge in [-0.25, -0.2) is 0 Å². The molecule has 0 unspecified atom stereocenters. The van der Waals surface area contributed by atoms with Crippen LogP contribution in [0, 0.1) is 0 Å². The highest BCUT2D eigenvalue weighted by atomic mass is 14.3. The van der Waals surface area contributed by atoms with Crippen LogP contribution in [0.2, 0.25) is 0 Å². The van der Waals surface area contributed by atoms with Crippen molar-refractivity contribution in [2.24, 2.45) is 0 Å². The lowest BCUT2D eigenvalue weighted by Crippen LogP contribution is -2.50. The highest BCUT2D eigenvalue weighted by Crippen LogP contribution is 2.44. The van der Waals surface area contributed by atoms with Gasteiger partial charge in [-0.05, 0) is 127 Å². The topological polar surface area (TPSA) is 0 Å². The molecule has 0 radical (unpaired) electrons. The molecule has 0 aliphatic carbocycles. The summed E-state index contributed by atoms with van der Waals surface area (Å²) < 4.78 is 0. The Morgan fingerprint density at radius 2 is 0.613 bits per heavy atom. The molecule has 0 heterocycles. The number of hydrogen-bond donors (Lipinski definition) is 0. The quantitative estimate of drug-likeness (QED) is 0.144. The van der Waals surface area contributed by atoms with Crippen molar-refractivity contribution in [1.82, 2.24) is 0 Å². The molecule has 0 amide bonds. The van der Waals surface area contributed by atoms with E-state index in [1.807, 2.05) is 0 Å². The predicted octanol–water partition coefficient (Wildman–Crippen LogP) is 1.34. The summed E-state index contributed by atoms with van der Waals surface area (Å²) in [6.07, 6.45) is 0. The van der Waals surface area contributed by atoms with Gasteiger partial charge in [0, 0.05) is 0 Å². The largest absolute Gasteiger partial charge is 0.139 e. The van der Waals surface area contributed by atoms with Gasteiger partial charge in [0.1, 0.15) is 62.8 Å². The van der Waals surface area contributed by atoms with Crippen LogP contribution in [-0.4, -0.2) is 62.8 Å². The summed E-state index contributed by atoms with van der Waals surface area (Å²) in [4.78, 5) is 0. The smallest absolute Gasteiger partial charge is 0.101 e. The SMILES string of the molecule is Bc1c(B)c(B)c2c(-c3cccc(-c4cc5ccc6ccccc6c5c5ccccc45)c3)c3c(B)c(B)c(B)c(B)c3c(-c3cccc(-c4cccc5ccccc45)c3)c2c1B. The molecule has 11 aromatic carbocycles. The van der Waals surface area contributed by atoms with Gasteiger partial charge >= 0.3 is 0 Å². The van der Waals surface area contributed by atoms with E-state index in [0.29, 0.717) is 0 Å². The summed E-state index contributed by atoms with van der Waals surface area (Å²) in [5.41, 5.74) is 21.1. The molecule has 282 valence electrons. The van der Waals surface area contributed by atoms with Gasteiger partial charge in [-0.3, -0.25) is 0 Å². The van der Waals surface area contributed by atoms with Crippen LogP contribution in [0.5, 0.6) is 0 Å². The Morgan fingerprint density at radius 1 is 0.226 bits per heavy atom. The van der Waals surface area contributed by atoms with Crippen molar-refractivity contribution in [2.75, 3.05) is 0 Å². The minimum Gasteiger partial charge on any atom is -0.101 e. The van der Waals surface area contributed by atoms with Crippen LogP contribution in [0.3, 0.4) is 0 Å². The Balaban J connectivity index is 1.25. The third-order valence-electron chi connectivity index (χ3n) is 14.8. The van der Waals surface area contributed by atoms with Crippen molar-refractivity contribution >= 4 is 171 Å². The summed E-state index contributed by atoms with van der Waals surface area (Å²) in [7, 11) is 18.8. The standard InChI is InChI=1S/C54H42B8/c55-47-43-41(31-15-7-13-29(24-31)35-21-9-12-27-10-1-3-17-34(27)35)44-46(50(58)54(62)52(60)48(44)56)42(45(43)49(57)53(61)51(47)59)32-16-8-14-30(25-32)39-26-33-23-22-28-11-2-4-18-36(28)40(33)38-20-6-5-19-37(38)39/h1-26H,55-62H2. The van der Waals surface area contributed by atoms with Crippen molar-refractivity contribution in [1.29, 1.82) is 0 Å². The Morgan fingerprint density at radius 3 is 1.16 bits per heavy atom. The molecule has 0 nitrogen and oxygen atoms in total. The molecule has 0 bridgehead atoms. The summed E-state index contributed by atoms with van der Waals surface area (Å²) in [6, 6.07) is 59.1. The third-order valence-corrected chi connectivity index (χ3v) is 14.8. The first-order valence-electron chi connectivity index (χ1n) is 22.1. The lowest BCUT2D eigenvalue weighted by molar-refractivity contribution is 1.64. The zero-order valence-electron chi connectivity index (χ0n) is 37.0. The average Bonchev–Trinajstić information content (AvgIpc) is 3.32. The first-order valence-corrected chi connectivity index (χ1v) is 22.1. The van der Waals surface area contributed by atoms with Crippen LogP contribution < -0.4 is 43.7 Å². The number of rotatable bonds is 4. The number of benzene rings is 11. The second-order valence-corrected chi connectivity index (χ2v) is 17.8. The molecule has 0 fully saturated rings. The van der Waals surface area contributed by atoms with Crippen molar-refractivity contribution in [3.8, 4) is 44.5 Å². The van der Waals surface area contributed by atoms with Gasteiger partial charge in [0.25, 0.3) is 0 Å². The molecular weight excluding hydrogens is 735 g/mol. The summed E-state index contributed by atoms with van der Waals surface area (Å²) >= 11 is 0. The lowest BCUT2D eigenvalue weighted by atomic mass is 9.59. The van der Waals surface area contributed by atoms with Crippen LogP contribution in [0.25, 0.3) is 109 Å². The van der Waals surface area contributed by atoms with Gasteiger partial charge in [0.2, 0.25) is 0 Å². The first kappa shape index (κ1) is 38.4. The molecule has 0 aliphatic rings. The van der Waals surface area contributed by atoms with Crippen LogP contribution in [-0.2, 0) is 0 Å². The summed E-state index contributed by atoms with van der Waals surface area (Å²) in [6.45, 7) is 0. The molecule has 11 aromatic rings. The minimum atomic E-state index is 1.23. The van der Waals surface area contributed by atoms with Crippen molar-refractivity contribution < 1.29 is 0 Å². The summed E-state index contributed by atoms with van der Waals surface area (Å²) in [5, 5.41) is 15.7. The third kappa shape index (κ3) is 5.65. The zero-order valence-corrected chi connectivity index (χ0v) is 37.0. The van der Waals surface area contributed by atoms with Crippen LogP contribution >= 0.6 is 0 Å². The molecule has 0 aliphatic heterocycles. The molecule has 0 aromatic heterocycles. The summed E-state index contributed by atoms with van der Waals surface area (Å²) in [5.74, 6) is 0. The maximum atomic E-state index is 2.48. The van der Waals surface area contributed by atoms with Gasteiger partial charge in [-0.2, -0.15) is 0 Å². The monoisotopic (exact) mass is 778 g/mol. The Bertz CT molecular complexity index is 3650. The molecule has 11 rings (SSSR count). The van der Waals surface area contributed by atoms with Crippen LogP contribution in [0.4, 0.5) is 0 Å². The highest BCUT2D eigenvalue weighted by molar-refractivity contribution is 6.71. The second-order valence-electron chi connectivity index (χ2n) is 17.8. The molecule has 0 N–H and O–H groups in total. The Labute approximate surface area is 371 Å². The molecule has 62 heavy (non-hydrogen) atoms. The van der Waals surface area contributed by atoms with Crippen molar-refractivity contribution in [3.63, 3.8) is 0 Å². The number of hydrogen-bond acceptors (Lipinski definition) is 0. The zero-order chi connectivity index (χ0) is 42.6. The average molecular weight is 777 g/mol. The first-order chi connectivity index (χ1) is 30.1. The van der Waals surface area contributed by atoms with Crippen LogP contribution in [0.15, 0.2) is 158 Å². The molecule has 0 saturated heterocycles. The highest BCUT2D eigenvalue weighted by Gasteiger charge is 2.26. The maximum Gasteiger partial charge on any atom is 0.139 e. The molecule has 0 spiro atoms. The van der Waals surface area contributed by atoms with Gasteiger partial charge < -0.3 is 0 Å². The van der Waals surface area contributed by atoms with Crippen molar-refractivity contribution in [3.05, 3.63) is 158 Å². The van der Waals surface area contributed by atoms with Crippen LogP contribution in [0.1, 0.15) is 0 Å². The van der Waals surface area contributed by atoms with E-state index in [1.165, 1.54) is 153 Å². The van der Waals surface area contributed by atoms with E-state index in [4.69, 9.17) is 0 Å². The fraction of sp³-hybridized carbons (Fsp3) is 0. The van der Waals surface area contributed by atoms with Gasteiger partial charge in [0.15, 0.2) is 0 Å². The van der Waals surface area contributed by atoms with E-state index in [2.05, 4.69) is 220 Å². The number of fused-ring (bicyclic) bond motifs is 8. The molecule has 0 atom stereocenters. The Kier molecular flexibility index (Phi) is 9.02. The lowest BCUT2D eigenvalue weighted by Gasteiger charge is -2.28. The fourth-order valence-corrected chi connectivity index (χ4v) is 11.0. The minimum absolute atomic E-state index is 1.23. The van der Waals surface area contributed by atoms with E-state index < -0.39 is 0 Å². The van der Waals surface area contributed by atoms with Gasteiger partial charge in [-0.1, -0.05) is 161 Å². The normalized spacial score (nSPS) is 11.7. The van der Waals surface area contributed by atoms with E-state index >= 15 is 0 Å². The van der Waals surface area contributed by atoms with E-state index in [-0.39, 0.29) is 0 Å². The molecule has 8 heteroatoms. The molecular formula is C54H42B8. The molecule has 0 saturated carbocycles.